The second-order valence-electron chi connectivity index (χ2n) is 6.56. The van der Waals surface area contributed by atoms with Crippen molar-refractivity contribution in [1.29, 1.82) is 0 Å². The molecule has 2 N–H and O–H groups in total. The van der Waals surface area contributed by atoms with Gasteiger partial charge in [-0.1, -0.05) is 13.3 Å². The van der Waals surface area contributed by atoms with Crippen molar-refractivity contribution in [3.8, 4) is 0 Å². The second-order valence-corrected chi connectivity index (χ2v) is 6.56. The zero-order chi connectivity index (χ0) is 13.2. The highest BCUT2D eigenvalue weighted by atomic mass is 15.3. The predicted octanol–water partition coefficient (Wildman–Crippen LogP) is 1.92. The standard InChI is InChI=1S/C15H31N3/c1-4-14-5-6-15(11-14,12-16)18-9-7-17(8-10-18)13(2)3/h13-14H,4-12,16H2,1-3H3. The van der Waals surface area contributed by atoms with Crippen LogP contribution < -0.4 is 5.73 Å². The summed E-state index contributed by atoms with van der Waals surface area (Å²) in [7, 11) is 0. The Morgan fingerprint density at radius 3 is 2.33 bits per heavy atom. The van der Waals surface area contributed by atoms with E-state index in [4.69, 9.17) is 5.73 Å². The summed E-state index contributed by atoms with van der Waals surface area (Å²) in [6.45, 7) is 12.7. The first-order valence-electron chi connectivity index (χ1n) is 7.80. The number of nitrogens with two attached hydrogens (primary N) is 1. The summed E-state index contributed by atoms with van der Waals surface area (Å²) in [4.78, 5) is 5.30. The van der Waals surface area contributed by atoms with Gasteiger partial charge in [0.2, 0.25) is 0 Å². The SMILES string of the molecule is CCC1CCC(CN)(N2CCN(C(C)C)CC2)C1. The van der Waals surface area contributed by atoms with Gasteiger partial charge in [-0.25, -0.2) is 0 Å². The number of nitrogens with zero attached hydrogens (tertiary/aromatic N) is 2. The van der Waals surface area contributed by atoms with E-state index in [0.717, 1.165) is 12.5 Å². The number of hydrogen-bond donors (Lipinski definition) is 1. The molecule has 2 rings (SSSR count). The summed E-state index contributed by atoms with van der Waals surface area (Å²) in [6, 6.07) is 0.688. The number of rotatable bonds is 4. The Bertz CT molecular complexity index is 258. The quantitative estimate of drug-likeness (QED) is 0.831. The van der Waals surface area contributed by atoms with Gasteiger partial charge in [0.15, 0.2) is 0 Å². The summed E-state index contributed by atoms with van der Waals surface area (Å²) in [6.07, 6.45) is 5.37. The smallest absolute Gasteiger partial charge is 0.0335 e. The zero-order valence-electron chi connectivity index (χ0n) is 12.5. The van der Waals surface area contributed by atoms with Crippen LogP contribution in [0, 0.1) is 5.92 Å². The van der Waals surface area contributed by atoms with E-state index >= 15 is 0 Å². The minimum Gasteiger partial charge on any atom is -0.329 e. The van der Waals surface area contributed by atoms with Gasteiger partial charge in [0, 0.05) is 44.3 Å². The summed E-state index contributed by atoms with van der Waals surface area (Å²) >= 11 is 0. The molecule has 3 nitrogen and oxygen atoms in total. The molecule has 0 amide bonds. The molecule has 18 heavy (non-hydrogen) atoms. The van der Waals surface area contributed by atoms with E-state index in [2.05, 4.69) is 30.6 Å². The summed E-state index contributed by atoms with van der Waals surface area (Å²) in [5, 5.41) is 0. The Morgan fingerprint density at radius 2 is 1.89 bits per heavy atom. The fourth-order valence-electron chi connectivity index (χ4n) is 3.88. The lowest BCUT2D eigenvalue weighted by Gasteiger charge is -2.46. The minimum atomic E-state index is 0.337. The first-order valence-corrected chi connectivity index (χ1v) is 7.80. The van der Waals surface area contributed by atoms with E-state index in [1.165, 1.54) is 51.9 Å². The molecule has 1 saturated carbocycles. The third-order valence-corrected chi connectivity index (χ3v) is 5.36. The lowest BCUT2D eigenvalue weighted by molar-refractivity contribution is 0.0269. The molecule has 0 radical (unpaired) electrons. The van der Waals surface area contributed by atoms with Crippen molar-refractivity contribution in [1.82, 2.24) is 9.80 Å². The van der Waals surface area contributed by atoms with E-state index in [1.807, 2.05) is 0 Å². The molecule has 1 heterocycles. The molecule has 1 aliphatic carbocycles. The van der Waals surface area contributed by atoms with E-state index in [1.54, 1.807) is 0 Å². The maximum absolute atomic E-state index is 6.16. The molecule has 2 fully saturated rings. The van der Waals surface area contributed by atoms with Crippen molar-refractivity contribution in [3.05, 3.63) is 0 Å². The molecule has 0 bridgehead atoms. The largest absolute Gasteiger partial charge is 0.329 e. The highest BCUT2D eigenvalue weighted by Gasteiger charge is 2.42. The van der Waals surface area contributed by atoms with Gasteiger partial charge in [-0.05, 0) is 39.0 Å². The lowest BCUT2D eigenvalue weighted by Crippen LogP contribution is -2.60. The average molecular weight is 253 g/mol. The molecular formula is C15H31N3. The van der Waals surface area contributed by atoms with Crippen LogP contribution in [0.15, 0.2) is 0 Å². The van der Waals surface area contributed by atoms with Crippen LogP contribution in [0.4, 0.5) is 0 Å². The Hall–Kier alpha value is -0.120. The molecule has 0 aromatic rings. The van der Waals surface area contributed by atoms with Crippen molar-refractivity contribution in [3.63, 3.8) is 0 Å². The van der Waals surface area contributed by atoms with Crippen LogP contribution in [-0.2, 0) is 0 Å². The van der Waals surface area contributed by atoms with Crippen LogP contribution in [-0.4, -0.2) is 54.1 Å². The van der Waals surface area contributed by atoms with Crippen LogP contribution in [0.5, 0.6) is 0 Å². The normalized spacial score (nSPS) is 35.5. The monoisotopic (exact) mass is 253 g/mol. The third kappa shape index (κ3) is 2.73. The molecule has 1 saturated heterocycles. The van der Waals surface area contributed by atoms with Crippen LogP contribution in [0.1, 0.15) is 46.5 Å². The van der Waals surface area contributed by atoms with E-state index in [9.17, 15) is 0 Å². The highest BCUT2D eigenvalue weighted by Crippen LogP contribution is 2.40. The molecular weight excluding hydrogens is 222 g/mol. The van der Waals surface area contributed by atoms with Crippen LogP contribution >= 0.6 is 0 Å². The third-order valence-electron chi connectivity index (χ3n) is 5.36. The van der Waals surface area contributed by atoms with Crippen molar-refractivity contribution in [2.45, 2.75) is 58.0 Å². The van der Waals surface area contributed by atoms with Gasteiger partial charge in [-0.3, -0.25) is 9.80 Å². The average Bonchev–Trinajstić information content (AvgIpc) is 2.84. The van der Waals surface area contributed by atoms with Gasteiger partial charge in [0.05, 0.1) is 0 Å². The number of hydrogen-bond acceptors (Lipinski definition) is 3. The maximum atomic E-state index is 6.16. The zero-order valence-corrected chi connectivity index (χ0v) is 12.5. The number of piperazine rings is 1. The van der Waals surface area contributed by atoms with Gasteiger partial charge in [0.25, 0.3) is 0 Å². The molecule has 106 valence electrons. The van der Waals surface area contributed by atoms with Crippen LogP contribution in [0.3, 0.4) is 0 Å². The maximum Gasteiger partial charge on any atom is 0.0335 e. The Morgan fingerprint density at radius 1 is 1.22 bits per heavy atom. The van der Waals surface area contributed by atoms with Crippen molar-refractivity contribution < 1.29 is 0 Å². The fraction of sp³-hybridized carbons (Fsp3) is 1.00. The fourth-order valence-corrected chi connectivity index (χ4v) is 3.88. The van der Waals surface area contributed by atoms with E-state index < -0.39 is 0 Å². The summed E-state index contributed by atoms with van der Waals surface area (Å²) < 4.78 is 0. The molecule has 2 aliphatic rings. The van der Waals surface area contributed by atoms with Gasteiger partial charge >= 0.3 is 0 Å². The molecule has 3 heteroatoms. The molecule has 2 atom stereocenters. The molecule has 0 aromatic heterocycles. The second kappa shape index (κ2) is 5.89. The highest BCUT2D eigenvalue weighted by molar-refractivity contribution is 5.00. The summed E-state index contributed by atoms with van der Waals surface area (Å²) in [5.41, 5.74) is 6.49. The van der Waals surface area contributed by atoms with Crippen molar-refractivity contribution in [2.24, 2.45) is 11.7 Å². The first kappa shape index (κ1) is 14.3. The van der Waals surface area contributed by atoms with Gasteiger partial charge in [0.1, 0.15) is 0 Å². The predicted molar refractivity (Wildman–Crippen MR) is 77.7 cm³/mol. The molecule has 0 aromatic carbocycles. The Balaban J connectivity index is 1.95. The van der Waals surface area contributed by atoms with Crippen LogP contribution in [0.2, 0.25) is 0 Å². The van der Waals surface area contributed by atoms with E-state index in [-0.39, 0.29) is 0 Å². The van der Waals surface area contributed by atoms with E-state index in [0.29, 0.717) is 11.6 Å². The summed E-state index contributed by atoms with van der Waals surface area (Å²) in [5.74, 6) is 0.914. The van der Waals surface area contributed by atoms with Gasteiger partial charge < -0.3 is 5.73 Å². The van der Waals surface area contributed by atoms with Crippen LogP contribution in [0.25, 0.3) is 0 Å². The minimum absolute atomic E-state index is 0.337. The Labute approximate surface area is 113 Å². The Kier molecular flexibility index (Phi) is 4.68. The lowest BCUT2D eigenvalue weighted by atomic mass is 9.92. The molecule has 2 unspecified atom stereocenters. The molecule has 0 spiro atoms. The van der Waals surface area contributed by atoms with Crippen molar-refractivity contribution >= 4 is 0 Å². The molecule has 1 aliphatic heterocycles. The first-order chi connectivity index (χ1) is 8.61. The van der Waals surface area contributed by atoms with Gasteiger partial charge in [-0.2, -0.15) is 0 Å². The van der Waals surface area contributed by atoms with Crippen molar-refractivity contribution in [2.75, 3.05) is 32.7 Å². The van der Waals surface area contributed by atoms with Gasteiger partial charge in [-0.15, -0.1) is 0 Å². The topological polar surface area (TPSA) is 32.5 Å².